The summed E-state index contributed by atoms with van der Waals surface area (Å²) in [6, 6.07) is 10.2. The molecular formula is C16H18O4. The molecule has 4 atom stereocenters. The van der Waals surface area contributed by atoms with Crippen LogP contribution >= 0.6 is 0 Å². The third kappa shape index (κ3) is 2.76. The van der Waals surface area contributed by atoms with E-state index in [2.05, 4.69) is 18.7 Å². The summed E-state index contributed by atoms with van der Waals surface area (Å²) in [5.74, 6) is -0.210. The van der Waals surface area contributed by atoms with Gasteiger partial charge in [-0.05, 0) is 18.4 Å². The van der Waals surface area contributed by atoms with Gasteiger partial charge in [-0.25, -0.2) is 4.79 Å². The van der Waals surface area contributed by atoms with Crippen molar-refractivity contribution in [3.63, 3.8) is 0 Å². The molecule has 2 saturated heterocycles. The Labute approximate surface area is 118 Å². The highest BCUT2D eigenvalue weighted by atomic mass is 16.7. The molecule has 4 nitrogen and oxygen atoms in total. The van der Waals surface area contributed by atoms with E-state index in [1.165, 1.54) is 11.6 Å². The minimum absolute atomic E-state index is 0.118. The fraction of sp³-hybridized carbons (Fsp3) is 0.438. The number of carbonyl (C=O) groups excluding carboxylic acids is 1. The standard InChI is InChI=1S/C16H18O4/c1-2-14(17)20-15-12(8-11-6-4-3-5-7-11)9-13-10-18-16(15)19-13/h2-7,12-13,15-16H,1,8-10H2/t12-,13-,15-,16-/m1/s1. The van der Waals surface area contributed by atoms with Crippen LogP contribution in [0.3, 0.4) is 0 Å². The Kier molecular flexibility index (Phi) is 3.85. The van der Waals surface area contributed by atoms with Gasteiger partial charge in [0.1, 0.15) is 0 Å². The number of benzene rings is 1. The molecule has 2 aliphatic rings. The molecule has 0 N–H and O–H groups in total. The Morgan fingerprint density at radius 2 is 2.20 bits per heavy atom. The Morgan fingerprint density at radius 3 is 2.95 bits per heavy atom. The Balaban J connectivity index is 1.75. The molecule has 20 heavy (non-hydrogen) atoms. The second-order valence-corrected chi connectivity index (χ2v) is 5.25. The lowest BCUT2D eigenvalue weighted by Gasteiger charge is -2.34. The first-order chi connectivity index (χ1) is 9.76. The first-order valence-corrected chi connectivity index (χ1v) is 6.90. The SMILES string of the molecule is C=CC(=O)O[C@@H]1[C@H](Cc2ccccc2)C[C@@H]2CO[C@@H]1O2. The fourth-order valence-electron chi connectivity index (χ4n) is 2.91. The van der Waals surface area contributed by atoms with E-state index < -0.39 is 12.3 Å². The van der Waals surface area contributed by atoms with Crippen LogP contribution in [0.15, 0.2) is 43.0 Å². The van der Waals surface area contributed by atoms with E-state index in [1.807, 2.05) is 18.2 Å². The molecule has 0 aromatic heterocycles. The van der Waals surface area contributed by atoms with Crippen LogP contribution in [0.4, 0.5) is 0 Å². The lowest BCUT2D eigenvalue weighted by molar-refractivity contribution is -0.198. The van der Waals surface area contributed by atoms with E-state index in [1.54, 1.807) is 0 Å². The molecule has 0 unspecified atom stereocenters. The molecule has 0 aliphatic carbocycles. The number of esters is 1. The molecule has 0 spiro atoms. The van der Waals surface area contributed by atoms with E-state index in [0.717, 1.165) is 12.8 Å². The van der Waals surface area contributed by atoms with Gasteiger partial charge in [-0.2, -0.15) is 0 Å². The van der Waals surface area contributed by atoms with Crippen molar-refractivity contribution in [2.45, 2.75) is 31.3 Å². The normalized spacial score (nSPS) is 31.8. The predicted molar refractivity (Wildman–Crippen MR) is 72.9 cm³/mol. The van der Waals surface area contributed by atoms with Crippen LogP contribution in [-0.4, -0.2) is 31.1 Å². The number of fused-ring (bicyclic) bond motifs is 2. The summed E-state index contributed by atoms with van der Waals surface area (Å²) in [5, 5.41) is 0. The van der Waals surface area contributed by atoms with Gasteiger partial charge in [0.25, 0.3) is 0 Å². The van der Waals surface area contributed by atoms with Crippen molar-refractivity contribution in [1.29, 1.82) is 0 Å². The summed E-state index contributed by atoms with van der Waals surface area (Å²) >= 11 is 0. The molecule has 0 saturated carbocycles. The third-order valence-corrected chi connectivity index (χ3v) is 3.83. The molecule has 0 radical (unpaired) electrons. The molecule has 4 heteroatoms. The van der Waals surface area contributed by atoms with Crippen molar-refractivity contribution in [3.8, 4) is 0 Å². The van der Waals surface area contributed by atoms with E-state index in [4.69, 9.17) is 14.2 Å². The predicted octanol–water partition coefficient (Wildman–Crippen LogP) is 2.09. The smallest absolute Gasteiger partial charge is 0.330 e. The van der Waals surface area contributed by atoms with E-state index in [9.17, 15) is 4.79 Å². The average Bonchev–Trinajstić information content (AvgIpc) is 2.87. The summed E-state index contributed by atoms with van der Waals surface area (Å²) in [6.45, 7) is 4.02. The summed E-state index contributed by atoms with van der Waals surface area (Å²) in [4.78, 5) is 11.5. The zero-order chi connectivity index (χ0) is 13.9. The zero-order valence-corrected chi connectivity index (χ0v) is 11.2. The second kappa shape index (κ2) is 5.77. The molecule has 2 fully saturated rings. The highest BCUT2D eigenvalue weighted by Gasteiger charge is 2.46. The first-order valence-electron chi connectivity index (χ1n) is 6.90. The monoisotopic (exact) mass is 274 g/mol. The van der Waals surface area contributed by atoms with Crippen molar-refractivity contribution in [1.82, 2.24) is 0 Å². The second-order valence-electron chi connectivity index (χ2n) is 5.25. The topological polar surface area (TPSA) is 44.8 Å². The highest BCUT2D eigenvalue weighted by molar-refractivity contribution is 5.81. The molecule has 3 rings (SSSR count). The van der Waals surface area contributed by atoms with Crippen LogP contribution in [0, 0.1) is 5.92 Å². The van der Waals surface area contributed by atoms with E-state index >= 15 is 0 Å². The van der Waals surface area contributed by atoms with Gasteiger partial charge in [-0.15, -0.1) is 0 Å². The number of ether oxygens (including phenoxy) is 3. The van der Waals surface area contributed by atoms with E-state index in [0.29, 0.717) is 6.61 Å². The Morgan fingerprint density at radius 1 is 1.40 bits per heavy atom. The maximum atomic E-state index is 11.5. The molecule has 1 aromatic carbocycles. The van der Waals surface area contributed by atoms with Gasteiger partial charge in [-0.3, -0.25) is 0 Å². The van der Waals surface area contributed by atoms with Crippen LogP contribution in [-0.2, 0) is 25.4 Å². The van der Waals surface area contributed by atoms with Gasteiger partial charge in [0, 0.05) is 12.0 Å². The lowest BCUT2D eigenvalue weighted by atomic mass is 9.87. The summed E-state index contributed by atoms with van der Waals surface area (Å²) in [5.41, 5.74) is 1.23. The van der Waals surface area contributed by atoms with Crippen molar-refractivity contribution in [2.24, 2.45) is 5.92 Å². The largest absolute Gasteiger partial charge is 0.453 e. The minimum Gasteiger partial charge on any atom is -0.453 e. The molecule has 1 aromatic rings. The van der Waals surface area contributed by atoms with Crippen LogP contribution in [0.2, 0.25) is 0 Å². The number of rotatable bonds is 4. The van der Waals surface area contributed by atoms with Gasteiger partial charge in [0.05, 0.1) is 12.7 Å². The number of hydrogen-bond donors (Lipinski definition) is 0. The van der Waals surface area contributed by atoms with Gasteiger partial charge >= 0.3 is 5.97 Å². The lowest BCUT2D eigenvalue weighted by Crippen LogP contribution is -2.44. The zero-order valence-electron chi connectivity index (χ0n) is 11.2. The quantitative estimate of drug-likeness (QED) is 0.623. The van der Waals surface area contributed by atoms with Crippen LogP contribution < -0.4 is 0 Å². The molecule has 2 aliphatic heterocycles. The average molecular weight is 274 g/mol. The third-order valence-electron chi connectivity index (χ3n) is 3.83. The van der Waals surface area contributed by atoms with Crippen LogP contribution in [0.5, 0.6) is 0 Å². The molecule has 2 bridgehead atoms. The number of carbonyl (C=O) groups is 1. The van der Waals surface area contributed by atoms with Crippen molar-refractivity contribution >= 4 is 5.97 Å². The maximum Gasteiger partial charge on any atom is 0.330 e. The van der Waals surface area contributed by atoms with Crippen LogP contribution in [0.1, 0.15) is 12.0 Å². The molecule has 106 valence electrons. The Hall–Kier alpha value is -1.65. The number of hydrogen-bond acceptors (Lipinski definition) is 4. The highest BCUT2D eigenvalue weighted by Crippen LogP contribution is 2.35. The molecule has 0 amide bonds. The fourth-order valence-corrected chi connectivity index (χ4v) is 2.91. The maximum absolute atomic E-state index is 11.5. The summed E-state index contributed by atoms with van der Waals surface area (Å²) < 4.78 is 16.7. The van der Waals surface area contributed by atoms with Crippen molar-refractivity contribution in [3.05, 3.63) is 48.6 Å². The van der Waals surface area contributed by atoms with Gasteiger partial charge in [-0.1, -0.05) is 36.9 Å². The summed E-state index contributed by atoms with van der Waals surface area (Å²) in [6.07, 6.45) is 2.20. The van der Waals surface area contributed by atoms with Gasteiger partial charge in [0.15, 0.2) is 12.4 Å². The first kappa shape index (κ1) is 13.3. The van der Waals surface area contributed by atoms with Crippen molar-refractivity contribution < 1.29 is 19.0 Å². The van der Waals surface area contributed by atoms with E-state index in [-0.39, 0.29) is 18.1 Å². The molecule has 2 heterocycles. The minimum atomic E-state index is -0.439. The molecular weight excluding hydrogens is 256 g/mol. The van der Waals surface area contributed by atoms with Gasteiger partial charge in [0.2, 0.25) is 0 Å². The Bertz CT molecular complexity index is 485. The summed E-state index contributed by atoms with van der Waals surface area (Å²) in [7, 11) is 0. The van der Waals surface area contributed by atoms with Crippen LogP contribution in [0.25, 0.3) is 0 Å². The van der Waals surface area contributed by atoms with Crippen molar-refractivity contribution in [2.75, 3.05) is 6.61 Å². The van der Waals surface area contributed by atoms with Gasteiger partial charge < -0.3 is 14.2 Å².